The predicted octanol–water partition coefficient (Wildman–Crippen LogP) is 5.78. The van der Waals surface area contributed by atoms with Gasteiger partial charge in [-0.3, -0.25) is 0 Å². The van der Waals surface area contributed by atoms with Crippen molar-refractivity contribution in [1.82, 2.24) is 5.32 Å². The second kappa shape index (κ2) is 13.2. The van der Waals surface area contributed by atoms with E-state index < -0.39 is 44.3 Å². The number of benzene rings is 2. The molecule has 32 heavy (non-hydrogen) atoms. The molecule has 1 N–H and O–H groups in total. The molecule has 0 saturated heterocycles. The van der Waals surface area contributed by atoms with Crippen molar-refractivity contribution in [1.29, 1.82) is 0 Å². The minimum Gasteiger partial charge on any atom is -0.467 e. The van der Waals surface area contributed by atoms with Gasteiger partial charge in [0.1, 0.15) is 20.0 Å². The van der Waals surface area contributed by atoms with Crippen LogP contribution in [0.2, 0.25) is 19.6 Å². The molecule has 2 aromatic carbocycles. The molecule has 0 bridgehead atoms. The van der Waals surface area contributed by atoms with Crippen molar-refractivity contribution in [3.63, 3.8) is 0 Å². The number of halogens is 3. The van der Waals surface area contributed by atoms with E-state index in [1.54, 1.807) is 54.6 Å². The molecule has 0 radical (unpaired) electrons. The maximum Gasteiger partial charge on any atom is 0.408 e. The zero-order valence-corrected chi connectivity index (χ0v) is 20.5. The van der Waals surface area contributed by atoms with Crippen LogP contribution in [0, 0.1) is 0 Å². The van der Waals surface area contributed by atoms with Crippen molar-refractivity contribution in [3.05, 3.63) is 71.8 Å². The summed E-state index contributed by atoms with van der Waals surface area (Å²) in [6.45, 7) is 6.23. The molecule has 0 aromatic heterocycles. The Morgan fingerprint density at radius 2 is 1.47 bits per heavy atom. The molecule has 0 aliphatic rings. The van der Waals surface area contributed by atoms with Crippen LogP contribution in [-0.2, 0) is 27.3 Å². The molecular formula is C23H30ClF2NO4Si. The summed E-state index contributed by atoms with van der Waals surface area (Å²) in [5.74, 6) is -4.17. The lowest BCUT2D eigenvalue weighted by Gasteiger charge is -2.22. The second-order valence-electron chi connectivity index (χ2n) is 8.07. The SMILES string of the molecule is COC(=O)[C@H](CC(F)(F)Cc1ccccc1)NC(=O)OCc1ccccc1.C[Si](C)(C)Cl. The van der Waals surface area contributed by atoms with Gasteiger partial charge in [-0.1, -0.05) is 80.3 Å². The Balaban J connectivity index is 0.000000920. The monoisotopic (exact) mass is 485 g/mol. The molecule has 1 atom stereocenters. The Kier molecular flexibility index (Phi) is 11.4. The lowest BCUT2D eigenvalue weighted by Crippen LogP contribution is -2.45. The largest absolute Gasteiger partial charge is 0.467 e. The summed E-state index contributed by atoms with van der Waals surface area (Å²) in [5.41, 5.74) is 1.16. The fourth-order valence-electron chi connectivity index (χ4n) is 2.51. The molecule has 0 spiro atoms. The number of alkyl carbamates (subject to hydrolysis) is 1. The summed E-state index contributed by atoms with van der Waals surface area (Å²) in [5, 5.41) is 2.16. The predicted molar refractivity (Wildman–Crippen MR) is 124 cm³/mol. The van der Waals surface area contributed by atoms with Crippen molar-refractivity contribution in [2.75, 3.05) is 7.11 Å². The first-order valence-corrected chi connectivity index (χ1v) is 14.6. The summed E-state index contributed by atoms with van der Waals surface area (Å²) in [6.07, 6.45) is -2.42. The molecule has 2 rings (SSSR count). The van der Waals surface area contributed by atoms with E-state index in [1.807, 2.05) is 6.07 Å². The summed E-state index contributed by atoms with van der Waals surface area (Å²) < 4.78 is 38.2. The first-order chi connectivity index (χ1) is 14.9. The zero-order valence-electron chi connectivity index (χ0n) is 18.7. The molecule has 0 saturated carbocycles. The molecule has 0 heterocycles. The number of esters is 1. The number of rotatable bonds is 8. The third kappa shape index (κ3) is 13.1. The standard InChI is InChI=1S/C20H21F2NO4.C3H9ClSi/c1-26-18(24)17(13-20(21,22)12-15-8-4-2-5-9-15)23-19(25)27-14-16-10-6-3-7-11-16;1-5(2,3)4/h2-11,17H,12-14H2,1H3,(H,23,25);1-3H3/t17-;/m0./s1. The van der Waals surface area contributed by atoms with Crippen LogP contribution in [-0.4, -0.2) is 38.5 Å². The number of nitrogens with one attached hydrogen (secondary N) is 1. The van der Waals surface area contributed by atoms with Gasteiger partial charge in [0.2, 0.25) is 0 Å². The third-order valence-corrected chi connectivity index (χ3v) is 3.80. The number of alkyl halides is 2. The van der Waals surface area contributed by atoms with Crippen LogP contribution in [0.1, 0.15) is 17.5 Å². The average Bonchev–Trinajstić information content (AvgIpc) is 2.71. The lowest BCUT2D eigenvalue weighted by molar-refractivity contribution is -0.145. The molecule has 9 heteroatoms. The number of hydrogen-bond donors (Lipinski definition) is 1. The van der Waals surface area contributed by atoms with Crippen LogP contribution < -0.4 is 5.32 Å². The van der Waals surface area contributed by atoms with Gasteiger partial charge in [-0.05, 0) is 11.1 Å². The van der Waals surface area contributed by atoms with E-state index in [0.717, 1.165) is 12.7 Å². The number of hydrogen-bond acceptors (Lipinski definition) is 4. The van der Waals surface area contributed by atoms with Crippen LogP contribution in [0.5, 0.6) is 0 Å². The normalized spacial score (nSPS) is 12.1. The quantitative estimate of drug-likeness (QED) is 0.292. The van der Waals surface area contributed by atoms with Gasteiger partial charge in [0.05, 0.1) is 7.11 Å². The van der Waals surface area contributed by atoms with Crippen LogP contribution >= 0.6 is 11.1 Å². The van der Waals surface area contributed by atoms with Crippen molar-refractivity contribution in [2.45, 2.75) is 51.1 Å². The summed E-state index contributed by atoms with van der Waals surface area (Å²) in [7, 11) is -0.0678. The molecule has 176 valence electrons. The third-order valence-electron chi connectivity index (χ3n) is 3.80. The highest BCUT2D eigenvalue weighted by Crippen LogP contribution is 2.26. The lowest BCUT2D eigenvalue weighted by atomic mass is 10.0. The molecule has 0 aliphatic carbocycles. The number of carbonyl (C=O) groups is 2. The molecular weight excluding hydrogens is 456 g/mol. The first kappa shape index (κ1) is 27.6. The topological polar surface area (TPSA) is 64.6 Å². The van der Waals surface area contributed by atoms with Crippen LogP contribution in [0.15, 0.2) is 60.7 Å². The van der Waals surface area contributed by atoms with Gasteiger partial charge in [-0.25, -0.2) is 18.4 Å². The minimum atomic E-state index is -3.22. The van der Waals surface area contributed by atoms with Gasteiger partial charge >= 0.3 is 12.1 Å². The Morgan fingerprint density at radius 3 is 1.94 bits per heavy atom. The Labute approximate surface area is 193 Å². The van der Waals surface area contributed by atoms with Gasteiger partial charge in [0.15, 0.2) is 0 Å². The number of methoxy groups -OCH3 is 1. The van der Waals surface area contributed by atoms with E-state index >= 15 is 0 Å². The molecule has 1 amide bonds. The van der Waals surface area contributed by atoms with Gasteiger partial charge in [0.25, 0.3) is 5.92 Å². The highest BCUT2D eigenvalue weighted by atomic mass is 35.6. The van der Waals surface area contributed by atoms with E-state index in [0.29, 0.717) is 5.56 Å². The second-order valence-corrected chi connectivity index (χ2v) is 15.6. The van der Waals surface area contributed by atoms with Crippen LogP contribution in [0.25, 0.3) is 0 Å². The number of carbonyl (C=O) groups excluding carboxylic acids is 2. The van der Waals surface area contributed by atoms with Crippen molar-refractivity contribution < 1.29 is 27.8 Å². The maximum absolute atomic E-state index is 14.4. The van der Waals surface area contributed by atoms with E-state index in [4.69, 9.17) is 15.8 Å². The highest BCUT2D eigenvalue weighted by molar-refractivity contribution is 7.18. The van der Waals surface area contributed by atoms with Gasteiger partial charge in [-0.2, -0.15) is 11.1 Å². The number of amides is 1. The Bertz CT molecular complexity index is 827. The average molecular weight is 486 g/mol. The molecule has 5 nitrogen and oxygen atoms in total. The van der Waals surface area contributed by atoms with Crippen molar-refractivity contribution >= 4 is 30.5 Å². The zero-order chi connectivity index (χ0) is 24.2. The molecule has 0 unspecified atom stereocenters. The van der Waals surface area contributed by atoms with Crippen molar-refractivity contribution in [2.24, 2.45) is 0 Å². The molecule has 0 aliphatic heterocycles. The van der Waals surface area contributed by atoms with E-state index in [-0.39, 0.29) is 6.61 Å². The van der Waals surface area contributed by atoms with Crippen molar-refractivity contribution in [3.8, 4) is 0 Å². The maximum atomic E-state index is 14.4. The first-order valence-electron chi connectivity index (χ1n) is 10.1. The summed E-state index contributed by atoms with van der Waals surface area (Å²) in [4.78, 5) is 23.7. The Hall–Kier alpha value is -2.45. The van der Waals surface area contributed by atoms with E-state index in [2.05, 4.69) is 29.7 Å². The van der Waals surface area contributed by atoms with E-state index in [1.165, 1.54) is 0 Å². The molecule has 2 aromatic rings. The van der Waals surface area contributed by atoms with Crippen LogP contribution in [0.3, 0.4) is 0 Å². The van der Waals surface area contributed by atoms with Gasteiger partial charge < -0.3 is 14.8 Å². The smallest absolute Gasteiger partial charge is 0.408 e. The summed E-state index contributed by atoms with van der Waals surface area (Å²) in [6, 6.07) is 15.5. The fourth-order valence-corrected chi connectivity index (χ4v) is 2.51. The number of ether oxygens (including phenoxy) is 2. The fraction of sp³-hybridized carbons (Fsp3) is 0.391. The summed E-state index contributed by atoms with van der Waals surface area (Å²) >= 11 is 5.67. The van der Waals surface area contributed by atoms with E-state index in [9.17, 15) is 18.4 Å². The molecule has 0 fully saturated rings. The van der Waals surface area contributed by atoms with Gasteiger partial charge in [0, 0.05) is 12.8 Å². The van der Waals surface area contributed by atoms with Gasteiger partial charge in [-0.15, -0.1) is 0 Å². The highest BCUT2D eigenvalue weighted by Gasteiger charge is 2.37. The minimum absolute atomic E-state index is 0.0407. The Morgan fingerprint density at radius 1 is 1.00 bits per heavy atom. The van der Waals surface area contributed by atoms with Crippen LogP contribution in [0.4, 0.5) is 13.6 Å².